The number of rotatable bonds is 1. The lowest BCUT2D eigenvalue weighted by Crippen LogP contribution is -2.09. The molecule has 9 heavy (non-hydrogen) atoms. The lowest BCUT2D eigenvalue weighted by molar-refractivity contribution is 0.478. The van der Waals surface area contributed by atoms with Gasteiger partial charge in [-0.2, -0.15) is 0 Å². The first kappa shape index (κ1) is 6.85. The van der Waals surface area contributed by atoms with Crippen molar-refractivity contribution in [1.82, 2.24) is 0 Å². The molecule has 0 radical (unpaired) electrons. The van der Waals surface area contributed by atoms with Crippen LogP contribution in [0.5, 0.6) is 0 Å². The lowest BCUT2D eigenvalue weighted by atomic mass is 9.85. The van der Waals surface area contributed by atoms with E-state index in [0.29, 0.717) is 5.41 Å². The zero-order valence-electron chi connectivity index (χ0n) is 6.70. The quantitative estimate of drug-likeness (QED) is 0.471. The molecule has 0 aromatic carbocycles. The molecular formula is C9H16. The largest absolute Gasteiger partial charge is 0.0991 e. The first-order valence-electron chi connectivity index (χ1n) is 3.71. The average molecular weight is 124 g/mol. The molecule has 0 aromatic heterocycles. The molecular weight excluding hydrogens is 108 g/mol. The summed E-state index contributed by atoms with van der Waals surface area (Å²) in [4.78, 5) is 0. The summed E-state index contributed by atoms with van der Waals surface area (Å²) in [7, 11) is 0. The number of allylic oxidation sites excluding steroid dienone is 1. The van der Waals surface area contributed by atoms with E-state index in [0.717, 1.165) is 5.92 Å². The van der Waals surface area contributed by atoms with E-state index in [1.54, 1.807) is 0 Å². The van der Waals surface area contributed by atoms with E-state index < -0.39 is 0 Å². The summed E-state index contributed by atoms with van der Waals surface area (Å²) in [5.74, 6) is 0.866. The molecule has 1 rings (SSSR count). The monoisotopic (exact) mass is 124 g/mol. The molecule has 0 bridgehead atoms. The molecule has 1 saturated carbocycles. The van der Waals surface area contributed by atoms with E-state index >= 15 is 0 Å². The summed E-state index contributed by atoms with van der Waals surface area (Å²) in [5.41, 5.74) is 1.80. The van der Waals surface area contributed by atoms with Crippen molar-refractivity contribution in [2.45, 2.75) is 33.6 Å². The van der Waals surface area contributed by atoms with E-state index in [4.69, 9.17) is 0 Å². The minimum Gasteiger partial charge on any atom is -0.0991 e. The Labute approximate surface area is 58.0 Å². The zero-order valence-corrected chi connectivity index (χ0v) is 6.70. The van der Waals surface area contributed by atoms with Gasteiger partial charge >= 0.3 is 0 Å². The van der Waals surface area contributed by atoms with Crippen molar-refractivity contribution in [1.29, 1.82) is 0 Å². The Morgan fingerprint density at radius 3 is 1.89 bits per heavy atom. The highest BCUT2D eigenvalue weighted by Gasteiger charge is 2.30. The predicted octanol–water partition coefficient (Wildman–Crippen LogP) is 3.00. The average Bonchev–Trinajstić information content (AvgIpc) is 2.40. The molecule has 0 aromatic rings. The van der Waals surface area contributed by atoms with Gasteiger partial charge in [-0.3, -0.25) is 0 Å². The van der Waals surface area contributed by atoms with Crippen molar-refractivity contribution in [3.63, 3.8) is 0 Å². The fourth-order valence-electron chi connectivity index (χ4n) is 1.04. The van der Waals surface area contributed by atoms with Crippen LogP contribution in [0.15, 0.2) is 12.2 Å². The van der Waals surface area contributed by atoms with E-state index in [-0.39, 0.29) is 0 Å². The van der Waals surface area contributed by atoms with E-state index in [9.17, 15) is 0 Å². The standard InChI is InChI=1S/C9H16/c1-7(8-5-6-8)9(2,3)4/h8H,1,5-6H2,2-4H3. The summed E-state index contributed by atoms with van der Waals surface area (Å²) < 4.78 is 0. The Morgan fingerprint density at radius 1 is 1.33 bits per heavy atom. The fraction of sp³-hybridized carbons (Fsp3) is 0.778. The van der Waals surface area contributed by atoms with Gasteiger partial charge in [0.1, 0.15) is 0 Å². The molecule has 0 heteroatoms. The lowest BCUT2D eigenvalue weighted by Gasteiger charge is -2.21. The van der Waals surface area contributed by atoms with Gasteiger partial charge in [0.25, 0.3) is 0 Å². The minimum absolute atomic E-state index is 0.348. The Bertz CT molecular complexity index is 121. The van der Waals surface area contributed by atoms with Crippen molar-refractivity contribution in [3.05, 3.63) is 12.2 Å². The SMILES string of the molecule is C=C(C1CC1)C(C)(C)C. The van der Waals surface area contributed by atoms with Gasteiger partial charge in [-0.15, -0.1) is 0 Å². The fourth-order valence-corrected chi connectivity index (χ4v) is 1.04. The topological polar surface area (TPSA) is 0 Å². The molecule has 1 aliphatic carbocycles. The maximum absolute atomic E-state index is 4.09. The van der Waals surface area contributed by atoms with Crippen LogP contribution >= 0.6 is 0 Å². The molecule has 1 fully saturated rings. The third kappa shape index (κ3) is 1.57. The normalized spacial score (nSPS) is 19.9. The number of hydrogen-bond acceptors (Lipinski definition) is 0. The second kappa shape index (κ2) is 1.86. The van der Waals surface area contributed by atoms with Crippen LogP contribution in [0.25, 0.3) is 0 Å². The van der Waals surface area contributed by atoms with Crippen molar-refractivity contribution in [2.24, 2.45) is 11.3 Å². The van der Waals surface area contributed by atoms with Crippen molar-refractivity contribution in [2.75, 3.05) is 0 Å². The van der Waals surface area contributed by atoms with Gasteiger partial charge in [0.15, 0.2) is 0 Å². The van der Waals surface area contributed by atoms with Crippen LogP contribution in [0.3, 0.4) is 0 Å². The molecule has 0 amide bonds. The predicted molar refractivity (Wildman–Crippen MR) is 41.3 cm³/mol. The van der Waals surface area contributed by atoms with Gasteiger partial charge in [-0.05, 0) is 24.2 Å². The van der Waals surface area contributed by atoms with Gasteiger partial charge in [-0.25, -0.2) is 0 Å². The molecule has 1 aliphatic rings. The highest BCUT2D eigenvalue weighted by molar-refractivity contribution is 5.14. The van der Waals surface area contributed by atoms with Crippen molar-refractivity contribution >= 4 is 0 Å². The zero-order chi connectivity index (χ0) is 7.07. The second-order valence-corrected chi connectivity index (χ2v) is 4.05. The van der Waals surface area contributed by atoms with Crippen molar-refractivity contribution < 1.29 is 0 Å². The van der Waals surface area contributed by atoms with E-state index in [1.807, 2.05) is 0 Å². The van der Waals surface area contributed by atoms with Crippen molar-refractivity contribution in [3.8, 4) is 0 Å². The highest BCUT2D eigenvalue weighted by Crippen LogP contribution is 2.43. The third-order valence-electron chi connectivity index (χ3n) is 2.03. The van der Waals surface area contributed by atoms with Crippen LogP contribution < -0.4 is 0 Å². The maximum Gasteiger partial charge on any atom is -0.0173 e. The summed E-state index contributed by atoms with van der Waals surface area (Å²) in [5, 5.41) is 0. The van der Waals surface area contributed by atoms with Crippen LogP contribution in [0, 0.1) is 11.3 Å². The maximum atomic E-state index is 4.09. The third-order valence-corrected chi connectivity index (χ3v) is 2.03. The molecule has 0 unspecified atom stereocenters. The molecule has 0 aliphatic heterocycles. The van der Waals surface area contributed by atoms with Crippen LogP contribution in [-0.4, -0.2) is 0 Å². The molecule has 0 heterocycles. The van der Waals surface area contributed by atoms with Crippen LogP contribution in [-0.2, 0) is 0 Å². The Morgan fingerprint density at radius 2 is 1.78 bits per heavy atom. The van der Waals surface area contributed by atoms with Gasteiger partial charge in [0, 0.05) is 0 Å². The molecule has 0 N–H and O–H groups in total. The molecule has 0 spiro atoms. The van der Waals surface area contributed by atoms with Gasteiger partial charge in [0.05, 0.1) is 0 Å². The van der Waals surface area contributed by atoms with Gasteiger partial charge < -0.3 is 0 Å². The molecule has 0 saturated heterocycles. The Balaban J connectivity index is 2.50. The first-order chi connectivity index (χ1) is 4.02. The molecule has 0 nitrogen and oxygen atoms in total. The van der Waals surface area contributed by atoms with Gasteiger partial charge in [-0.1, -0.05) is 32.9 Å². The minimum atomic E-state index is 0.348. The smallest absolute Gasteiger partial charge is 0.0173 e. The Hall–Kier alpha value is -0.260. The highest BCUT2D eigenvalue weighted by atomic mass is 14.4. The molecule has 52 valence electrons. The van der Waals surface area contributed by atoms with E-state index in [1.165, 1.54) is 18.4 Å². The van der Waals surface area contributed by atoms with E-state index in [2.05, 4.69) is 27.4 Å². The van der Waals surface area contributed by atoms with Gasteiger partial charge in [0.2, 0.25) is 0 Å². The van der Waals surface area contributed by atoms with Crippen LogP contribution in [0.2, 0.25) is 0 Å². The summed E-state index contributed by atoms with van der Waals surface area (Å²) >= 11 is 0. The first-order valence-corrected chi connectivity index (χ1v) is 3.71. The molecule has 0 atom stereocenters. The Kier molecular flexibility index (Phi) is 1.42. The van der Waals surface area contributed by atoms with Crippen LogP contribution in [0.1, 0.15) is 33.6 Å². The summed E-state index contributed by atoms with van der Waals surface area (Å²) in [6, 6.07) is 0. The number of hydrogen-bond donors (Lipinski definition) is 0. The summed E-state index contributed by atoms with van der Waals surface area (Å²) in [6.07, 6.45) is 2.77. The second-order valence-electron chi connectivity index (χ2n) is 4.05. The van der Waals surface area contributed by atoms with Crippen LogP contribution in [0.4, 0.5) is 0 Å². The summed E-state index contributed by atoms with van der Waals surface area (Å²) in [6.45, 7) is 10.8.